The minimum atomic E-state index is -0.644. The molecule has 0 aliphatic heterocycles. The molecule has 1 aliphatic carbocycles. The third-order valence-electron chi connectivity index (χ3n) is 2.41. The highest BCUT2D eigenvalue weighted by Crippen LogP contribution is 2.29. The summed E-state index contributed by atoms with van der Waals surface area (Å²) in [6.07, 6.45) is 3.35. The summed E-state index contributed by atoms with van der Waals surface area (Å²) < 4.78 is 5.56. The first-order valence-electron chi connectivity index (χ1n) is 5.30. The lowest BCUT2D eigenvalue weighted by atomic mass is 10.2. The maximum atomic E-state index is 11.6. The number of nitrogens with one attached hydrogen (secondary N) is 1. The molecule has 0 atom stereocenters. The van der Waals surface area contributed by atoms with Gasteiger partial charge in [0.05, 0.1) is 11.7 Å². The Bertz CT molecular complexity index is 469. The van der Waals surface area contributed by atoms with E-state index in [1.807, 2.05) is 0 Å². The van der Waals surface area contributed by atoms with Gasteiger partial charge in [-0.05, 0) is 12.8 Å². The lowest BCUT2D eigenvalue weighted by Gasteiger charge is -2.10. The molecule has 1 saturated carbocycles. The van der Waals surface area contributed by atoms with Gasteiger partial charge in [-0.25, -0.2) is 4.98 Å². The summed E-state index contributed by atoms with van der Waals surface area (Å²) >= 11 is 0. The number of aromatic nitrogens is 1. The Labute approximate surface area is 98.2 Å². The molecule has 0 unspecified atom stereocenters. The Morgan fingerprint density at radius 2 is 2.24 bits per heavy atom. The van der Waals surface area contributed by atoms with E-state index in [0.29, 0.717) is 11.3 Å². The highest BCUT2D eigenvalue weighted by atomic mass is 16.5. The minimum Gasteiger partial charge on any atom is -0.489 e. The van der Waals surface area contributed by atoms with Crippen LogP contribution in [0, 0.1) is 0 Å². The first-order chi connectivity index (χ1) is 8.11. The summed E-state index contributed by atoms with van der Waals surface area (Å²) in [5.41, 5.74) is 5.53. The fourth-order valence-electron chi connectivity index (χ4n) is 1.34. The molecular weight excluding hydrogens is 222 g/mol. The molecule has 6 nitrogen and oxygen atoms in total. The number of nitrogens with zero attached hydrogens (tertiary/aromatic N) is 1. The van der Waals surface area contributed by atoms with Crippen LogP contribution in [0.4, 0.5) is 0 Å². The van der Waals surface area contributed by atoms with Gasteiger partial charge in [-0.15, -0.1) is 0 Å². The highest BCUT2D eigenvalue weighted by Gasteiger charge is 2.26. The predicted octanol–water partition coefficient (Wildman–Crippen LogP) is 0.0813. The maximum Gasteiger partial charge on any atom is 0.267 e. The second-order valence-electron chi connectivity index (χ2n) is 3.83. The zero-order valence-corrected chi connectivity index (χ0v) is 9.40. The molecule has 0 saturated heterocycles. The summed E-state index contributed by atoms with van der Waals surface area (Å²) in [6, 6.07) is 1.41. The van der Waals surface area contributed by atoms with Crippen LogP contribution in [0.15, 0.2) is 12.3 Å². The van der Waals surface area contributed by atoms with Crippen molar-refractivity contribution < 1.29 is 14.3 Å². The first kappa shape index (κ1) is 11.4. The van der Waals surface area contributed by atoms with Gasteiger partial charge in [-0.2, -0.15) is 0 Å². The van der Waals surface area contributed by atoms with Crippen molar-refractivity contribution in [1.29, 1.82) is 0 Å². The Morgan fingerprint density at radius 1 is 1.53 bits per heavy atom. The maximum absolute atomic E-state index is 11.6. The lowest BCUT2D eigenvalue weighted by molar-refractivity contribution is 0.0953. The normalized spacial score (nSPS) is 14.2. The molecule has 1 aromatic heterocycles. The summed E-state index contributed by atoms with van der Waals surface area (Å²) in [5.74, 6) is -0.589. The lowest BCUT2D eigenvalue weighted by Crippen LogP contribution is -2.21. The summed E-state index contributed by atoms with van der Waals surface area (Å²) in [7, 11) is 1.52. The second kappa shape index (κ2) is 4.40. The molecule has 0 radical (unpaired) electrons. The average Bonchev–Trinajstić information content (AvgIpc) is 3.11. The molecule has 1 aromatic rings. The smallest absolute Gasteiger partial charge is 0.267 e. The van der Waals surface area contributed by atoms with Crippen LogP contribution in [0.3, 0.4) is 0 Å². The van der Waals surface area contributed by atoms with Crippen molar-refractivity contribution in [3.63, 3.8) is 0 Å². The van der Waals surface area contributed by atoms with E-state index in [-0.39, 0.29) is 17.7 Å². The summed E-state index contributed by atoms with van der Waals surface area (Å²) in [4.78, 5) is 26.4. The topological polar surface area (TPSA) is 94.3 Å². The number of nitrogens with two attached hydrogens (primary N) is 1. The van der Waals surface area contributed by atoms with Gasteiger partial charge < -0.3 is 15.8 Å². The number of hydrogen-bond acceptors (Lipinski definition) is 4. The van der Waals surface area contributed by atoms with Gasteiger partial charge in [0.15, 0.2) is 0 Å². The van der Waals surface area contributed by atoms with Gasteiger partial charge in [0.25, 0.3) is 11.8 Å². The fourth-order valence-corrected chi connectivity index (χ4v) is 1.34. The van der Waals surface area contributed by atoms with E-state index in [0.717, 1.165) is 12.8 Å². The number of amides is 2. The van der Waals surface area contributed by atoms with Gasteiger partial charge in [0.2, 0.25) is 0 Å². The zero-order valence-electron chi connectivity index (χ0n) is 9.40. The number of hydrogen-bond donors (Lipinski definition) is 2. The average molecular weight is 235 g/mol. The van der Waals surface area contributed by atoms with E-state index in [1.165, 1.54) is 19.3 Å². The highest BCUT2D eigenvalue weighted by molar-refractivity contribution is 5.98. The first-order valence-corrected chi connectivity index (χ1v) is 5.30. The van der Waals surface area contributed by atoms with Crippen LogP contribution in [-0.4, -0.2) is 29.9 Å². The third kappa shape index (κ3) is 2.52. The van der Waals surface area contributed by atoms with Crippen molar-refractivity contribution in [2.75, 3.05) is 7.05 Å². The fraction of sp³-hybridized carbons (Fsp3) is 0.364. The van der Waals surface area contributed by atoms with E-state index >= 15 is 0 Å². The zero-order chi connectivity index (χ0) is 12.4. The van der Waals surface area contributed by atoms with Crippen LogP contribution in [0.25, 0.3) is 0 Å². The monoisotopic (exact) mass is 235 g/mol. The van der Waals surface area contributed by atoms with Crippen LogP contribution >= 0.6 is 0 Å². The molecule has 2 rings (SSSR count). The Balaban J connectivity index is 2.35. The van der Waals surface area contributed by atoms with Crippen LogP contribution in [0.2, 0.25) is 0 Å². The molecule has 90 valence electrons. The van der Waals surface area contributed by atoms with Crippen molar-refractivity contribution in [2.24, 2.45) is 5.73 Å². The van der Waals surface area contributed by atoms with Gasteiger partial charge in [0, 0.05) is 19.3 Å². The third-order valence-corrected chi connectivity index (χ3v) is 2.41. The second-order valence-corrected chi connectivity index (χ2v) is 3.83. The van der Waals surface area contributed by atoms with E-state index in [4.69, 9.17) is 10.5 Å². The number of pyridine rings is 1. The molecule has 1 heterocycles. The van der Waals surface area contributed by atoms with E-state index < -0.39 is 5.91 Å². The molecule has 0 bridgehead atoms. The molecule has 1 aliphatic rings. The van der Waals surface area contributed by atoms with Crippen molar-refractivity contribution in [3.8, 4) is 5.75 Å². The van der Waals surface area contributed by atoms with Crippen molar-refractivity contribution in [2.45, 2.75) is 18.9 Å². The van der Waals surface area contributed by atoms with E-state index in [2.05, 4.69) is 10.3 Å². The Morgan fingerprint density at radius 3 is 2.76 bits per heavy atom. The molecular formula is C11H13N3O3. The van der Waals surface area contributed by atoms with Crippen LogP contribution in [0.1, 0.15) is 33.7 Å². The molecule has 0 aromatic carbocycles. The van der Waals surface area contributed by atoms with Crippen molar-refractivity contribution in [3.05, 3.63) is 23.5 Å². The van der Waals surface area contributed by atoms with E-state index in [9.17, 15) is 9.59 Å². The predicted molar refractivity (Wildman–Crippen MR) is 59.8 cm³/mol. The number of carbonyl (C=O) groups excluding carboxylic acids is 2. The summed E-state index contributed by atoms with van der Waals surface area (Å²) in [6.45, 7) is 0. The van der Waals surface area contributed by atoms with Crippen molar-refractivity contribution >= 4 is 11.8 Å². The largest absolute Gasteiger partial charge is 0.489 e. The minimum absolute atomic E-state index is 0.0910. The van der Waals surface area contributed by atoms with Crippen LogP contribution in [0.5, 0.6) is 5.75 Å². The molecule has 0 spiro atoms. The number of primary amides is 1. The number of rotatable bonds is 4. The van der Waals surface area contributed by atoms with E-state index in [1.54, 1.807) is 0 Å². The van der Waals surface area contributed by atoms with Gasteiger partial charge in [0.1, 0.15) is 11.4 Å². The molecule has 3 N–H and O–H groups in total. The molecule has 17 heavy (non-hydrogen) atoms. The molecule has 6 heteroatoms. The number of carbonyl (C=O) groups is 2. The van der Waals surface area contributed by atoms with Gasteiger partial charge in [-0.1, -0.05) is 0 Å². The SMILES string of the molecule is CNC(=O)c1cnc(C(N)=O)cc1OC1CC1. The molecule has 1 fully saturated rings. The van der Waals surface area contributed by atoms with Gasteiger partial charge >= 0.3 is 0 Å². The quantitative estimate of drug-likeness (QED) is 0.772. The van der Waals surface area contributed by atoms with Gasteiger partial charge in [-0.3, -0.25) is 9.59 Å². The van der Waals surface area contributed by atoms with Crippen molar-refractivity contribution in [1.82, 2.24) is 10.3 Å². The Kier molecular flexibility index (Phi) is 2.95. The molecule has 2 amide bonds. The summed E-state index contributed by atoms with van der Waals surface area (Å²) in [5, 5.41) is 2.49. The Hall–Kier alpha value is -2.11. The number of ether oxygens (including phenoxy) is 1. The standard InChI is InChI=1S/C11H13N3O3/c1-13-11(16)7-5-14-8(10(12)15)4-9(7)17-6-2-3-6/h4-6H,2-3H2,1H3,(H2,12,15)(H,13,16). The van der Waals surface area contributed by atoms with Crippen LogP contribution in [-0.2, 0) is 0 Å². The van der Waals surface area contributed by atoms with Crippen LogP contribution < -0.4 is 15.8 Å².